The summed E-state index contributed by atoms with van der Waals surface area (Å²) in [4.78, 5) is 4.17. The van der Waals surface area contributed by atoms with E-state index in [1.165, 1.54) is 17.4 Å². The van der Waals surface area contributed by atoms with Crippen molar-refractivity contribution in [3.63, 3.8) is 0 Å². The van der Waals surface area contributed by atoms with Crippen LogP contribution in [0.4, 0.5) is 22.0 Å². The Bertz CT molecular complexity index is 838. The molecule has 0 amide bonds. The fourth-order valence-corrected chi connectivity index (χ4v) is 2.75. The summed E-state index contributed by atoms with van der Waals surface area (Å²) >= 11 is 1.24. The zero-order chi connectivity index (χ0) is 15.9. The van der Waals surface area contributed by atoms with Crippen LogP contribution in [0.3, 0.4) is 0 Å². The van der Waals surface area contributed by atoms with Crippen LogP contribution in [0.25, 0.3) is 22.4 Å². The second kappa shape index (κ2) is 5.49. The highest BCUT2D eigenvalue weighted by Gasteiger charge is 2.24. The van der Waals surface area contributed by atoms with Gasteiger partial charge in [-0.2, -0.15) is 0 Å². The average molecular weight is 327 g/mol. The molecule has 0 radical (unpaired) electrons. The highest BCUT2D eigenvalue weighted by molar-refractivity contribution is 7.19. The average Bonchev–Trinajstić information content (AvgIpc) is 2.94. The van der Waals surface area contributed by atoms with Crippen molar-refractivity contribution < 1.29 is 22.0 Å². The van der Waals surface area contributed by atoms with E-state index in [1.54, 1.807) is 18.2 Å². The normalized spacial score (nSPS) is 11.7. The summed E-state index contributed by atoms with van der Waals surface area (Å²) < 4.78 is 67.0. The monoisotopic (exact) mass is 327 g/mol. The Morgan fingerprint density at radius 1 is 0.773 bits per heavy atom. The van der Waals surface area contributed by atoms with Gasteiger partial charge >= 0.3 is 0 Å². The number of hydrogen-bond donors (Lipinski definition) is 0. The van der Waals surface area contributed by atoms with Crippen molar-refractivity contribution in [3.05, 3.63) is 63.9 Å². The van der Waals surface area contributed by atoms with Gasteiger partial charge in [-0.15, -0.1) is 11.3 Å². The molecule has 1 aromatic heterocycles. The molecule has 0 unspecified atom stereocenters. The highest BCUT2D eigenvalue weighted by atomic mass is 32.1. The van der Waals surface area contributed by atoms with Gasteiger partial charge in [0.25, 0.3) is 0 Å². The first-order chi connectivity index (χ1) is 10.5. The molecule has 3 rings (SSSR count). The maximum absolute atomic E-state index is 13.5. The lowest BCUT2D eigenvalue weighted by Gasteiger charge is -2.03. The quantitative estimate of drug-likeness (QED) is 0.360. The van der Waals surface area contributed by atoms with E-state index in [9.17, 15) is 22.0 Å². The van der Waals surface area contributed by atoms with Crippen LogP contribution in [0.15, 0.2) is 24.3 Å². The van der Waals surface area contributed by atoms with Crippen molar-refractivity contribution in [1.82, 2.24) is 4.98 Å². The molecule has 1 heterocycles. The third-order valence-electron chi connectivity index (χ3n) is 2.95. The molecule has 0 fully saturated rings. The number of fused-ring (bicyclic) bond motifs is 1. The number of hydrogen-bond acceptors (Lipinski definition) is 2. The van der Waals surface area contributed by atoms with Gasteiger partial charge < -0.3 is 0 Å². The third kappa shape index (κ3) is 2.37. The Morgan fingerprint density at radius 2 is 1.36 bits per heavy atom. The second-order valence-corrected chi connectivity index (χ2v) is 5.40. The molecule has 0 spiro atoms. The van der Waals surface area contributed by atoms with E-state index in [0.717, 1.165) is 10.8 Å². The van der Waals surface area contributed by atoms with Gasteiger partial charge in [0, 0.05) is 0 Å². The minimum absolute atomic E-state index is 0.394. The molecule has 1 nitrogen and oxygen atoms in total. The van der Waals surface area contributed by atoms with Gasteiger partial charge in [-0.3, -0.25) is 0 Å². The number of aromatic nitrogens is 1. The summed E-state index contributed by atoms with van der Waals surface area (Å²) in [6.07, 6.45) is 2.04. The molecule has 0 aliphatic carbocycles. The molecule has 0 bridgehead atoms. The number of para-hydroxylation sites is 1. The van der Waals surface area contributed by atoms with E-state index in [1.807, 2.05) is 6.07 Å². The number of rotatable bonds is 2. The first kappa shape index (κ1) is 14.6. The number of halogens is 5. The predicted octanol–water partition coefficient (Wildman–Crippen LogP) is 5.16. The summed E-state index contributed by atoms with van der Waals surface area (Å²) in [5.41, 5.74) is -0.305. The summed E-state index contributed by atoms with van der Waals surface area (Å²) in [6, 6.07) is 7.14. The molecule has 0 aliphatic heterocycles. The molecule has 0 saturated carbocycles. The SMILES string of the molecule is Fc1c(F)c(F)c(/C=C/c2nc3ccccc3s2)c(F)c1F. The Balaban J connectivity index is 2.06. The molecule has 0 atom stereocenters. The van der Waals surface area contributed by atoms with Gasteiger partial charge in [0.15, 0.2) is 23.3 Å². The van der Waals surface area contributed by atoms with Gasteiger partial charge in [0.2, 0.25) is 5.82 Å². The first-order valence-corrected chi connectivity index (χ1v) is 6.85. The largest absolute Gasteiger partial charge is 0.237 e. The van der Waals surface area contributed by atoms with Crippen LogP contribution >= 0.6 is 11.3 Å². The maximum Gasteiger partial charge on any atom is 0.200 e. The Labute approximate surface area is 125 Å². The Hall–Kier alpha value is -2.28. The molecule has 3 aromatic rings. The first-order valence-electron chi connectivity index (χ1n) is 6.04. The van der Waals surface area contributed by atoms with Crippen molar-refractivity contribution in [1.29, 1.82) is 0 Å². The van der Waals surface area contributed by atoms with E-state index in [2.05, 4.69) is 4.98 Å². The van der Waals surface area contributed by atoms with Gasteiger partial charge in [0.1, 0.15) is 5.01 Å². The van der Waals surface area contributed by atoms with Crippen LogP contribution in [-0.4, -0.2) is 4.98 Å². The smallest absolute Gasteiger partial charge is 0.200 e. The van der Waals surface area contributed by atoms with E-state index in [4.69, 9.17) is 0 Å². The van der Waals surface area contributed by atoms with Gasteiger partial charge in [0.05, 0.1) is 15.8 Å². The van der Waals surface area contributed by atoms with Crippen molar-refractivity contribution in [2.24, 2.45) is 0 Å². The molecular formula is C15H6F5NS. The van der Waals surface area contributed by atoms with Crippen molar-refractivity contribution in [2.75, 3.05) is 0 Å². The number of thiazole rings is 1. The lowest BCUT2D eigenvalue weighted by Crippen LogP contribution is -2.03. The molecule has 0 saturated heterocycles. The maximum atomic E-state index is 13.5. The van der Waals surface area contributed by atoms with Crippen LogP contribution in [0, 0.1) is 29.1 Å². The van der Waals surface area contributed by atoms with E-state index in [-0.39, 0.29) is 0 Å². The minimum atomic E-state index is -2.17. The molecule has 7 heteroatoms. The minimum Gasteiger partial charge on any atom is -0.237 e. The lowest BCUT2D eigenvalue weighted by atomic mass is 10.1. The zero-order valence-corrected chi connectivity index (χ0v) is 11.5. The van der Waals surface area contributed by atoms with E-state index in [0.29, 0.717) is 10.5 Å². The number of nitrogens with zero attached hydrogens (tertiary/aromatic N) is 1. The summed E-state index contributed by atoms with van der Waals surface area (Å²) in [5.74, 6) is -9.85. The fraction of sp³-hybridized carbons (Fsp3) is 0. The molecule has 0 aliphatic rings. The van der Waals surface area contributed by atoms with E-state index < -0.39 is 34.6 Å². The predicted molar refractivity (Wildman–Crippen MR) is 74.8 cm³/mol. The summed E-state index contributed by atoms with van der Waals surface area (Å²) in [7, 11) is 0. The molecular weight excluding hydrogens is 321 g/mol. The van der Waals surface area contributed by atoms with Crippen LogP contribution in [0.5, 0.6) is 0 Å². The standard InChI is InChI=1S/C15H6F5NS/c16-11-7(12(17)14(19)15(20)13(11)18)5-6-10-21-8-3-1-2-4-9(8)22-10/h1-6H/b6-5+. The molecule has 112 valence electrons. The van der Waals surface area contributed by atoms with E-state index >= 15 is 0 Å². The molecule has 0 N–H and O–H groups in total. The van der Waals surface area contributed by atoms with Crippen LogP contribution in [-0.2, 0) is 0 Å². The van der Waals surface area contributed by atoms with Crippen LogP contribution in [0.1, 0.15) is 10.6 Å². The Kier molecular flexibility index (Phi) is 3.66. The van der Waals surface area contributed by atoms with Gasteiger partial charge in [-0.05, 0) is 24.3 Å². The number of benzene rings is 2. The van der Waals surface area contributed by atoms with Crippen molar-refractivity contribution >= 4 is 33.7 Å². The topological polar surface area (TPSA) is 12.9 Å². The van der Waals surface area contributed by atoms with Crippen LogP contribution in [0.2, 0.25) is 0 Å². The lowest BCUT2D eigenvalue weighted by molar-refractivity contribution is 0.377. The second-order valence-electron chi connectivity index (χ2n) is 4.34. The van der Waals surface area contributed by atoms with Crippen LogP contribution < -0.4 is 0 Å². The van der Waals surface area contributed by atoms with Crippen molar-refractivity contribution in [2.45, 2.75) is 0 Å². The van der Waals surface area contributed by atoms with Gasteiger partial charge in [-0.25, -0.2) is 26.9 Å². The third-order valence-corrected chi connectivity index (χ3v) is 3.95. The molecule has 2 aromatic carbocycles. The fourth-order valence-electron chi connectivity index (χ4n) is 1.88. The summed E-state index contributed by atoms with van der Waals surface area (Å²) in [5, 5.41) is 0.394. The van der Waals surface area contributed by atoms with Crippen molar-refractivity contribution in [3.8, 4) is 0 Å². The Morgan fingerprint density at radius 3 is 2.00 bits per heavy atom. The van der Waals surface area contributed by atoms with Gasteiger partial charge in [-0.1, -0.05) is 12.1 Å². The summed E-state index contributed by atoms with van der Waals surface area (Å²) in [6.45, 7) is 0. The zero-order valence-electron chi connectivity index (χ0n) is 10.7. The molecule has 22 heavy (non-hydrogen) atoms. The highest BCUT2D eigenvalue weighted by Crippen LogP contribution is 2.26.